The fourth-order valence-electron chi connectivity index (χ4n) is 4.23. The summed E-state index contributed by atoms with van der Waals surface area (Å²) in [5.74, 6) is 0.659. The predicted octanol–water partition coefficient (Wildman–Crippen LogP) is 4.34. The molecular formula is C25H31NO4. The van der Waals surface area contributed by atoms with Crippen LogP contribution in [-0.4, -0.2) is 43.6 Å². The van der Waals surface area contributed by atoms with E-state index in [9.17, 15) is 9.59 Å². The number of nitrogens with zero attached hydrogens (tertiary/aromatic N) is 1. The lowest BCUT2D eigenvalue weighted by molar-refractivity contribution is -0.158. The Morgan fingerprint density at radius 2 is 1.70 bits per heavy atom. The minimum Gasteiger partial charge on any atom is -0.497 e. The molecule has 1 aliphatic rings. The number of piperidine rings is 1. The van der Waals surface area contributed by atoms with Crippen LogP contribution in [0, 0.1) is 19.3 Å². The van der Waals surface area contributed by atoms with E-state index >= 15 is 0 Å². The van der Waals surface area contributed by atoms with Crippen molar-refractivity contribution >= 4 is 11.9 Å². The number of benzene rings is 2. The van der Waals surface area contributed by atoms with Crippen molar-refractivity contribution in [2.24, 2.45) is 5.41 Å². The summed E-state index contributed by atoms with van der Waals surface area (Å²) in [6.07, 6.45) is 1.78. The summed E-state index contributed by atoms with van der Waals surface area (Å²) in [5.41, 5.74) is 3.32. The lowest BCUT2D eigenvalue weighted by Crippen LogP contribution is -2.48. The average molecular weight is 410 g/mol. The van der Waals surface area contributed by atoms with Crippen LogP contribution in [0.1, 0.15) is 46.8 Å². The van der Waals surface area contributed by atoms with Gasteiger partial charge in [0.25, 0.3) is 5.91 Å². The van der Waals surface area contributed by atoms with Gasteiger partial charge >= 0.3 is 5.97 Å². The van der Waals surface area contributed by atoms with Crippen LogP contribution in [0.3, 0.4) is 0 Å². The first-order valence-electron chi connectivity index (χ1n) is 10.6. The molecule has 0 atom stereocenters. The van der Waals surface area contributed by atoms with E-state index in [4.69, 9.17) is 9.47 Å². The zero-order valence-corrected chi connectivity index (χ0v) is 18.4. The minimum atomic E-state index is -0.607. The SMILES string of the molecule is CCOC(=O)C1(Cc2ccc(OC)cc2)CCN(C(=O)c2ccc(C)cc2C)CC1. The third-order valence-electron chi connectivity index (χ3n) is 6.03. The molecule has 30 heavy (non-hydrogen) atoms. The molecule has 1 fully saturated rings. The monoisotopic (exact) mass is 409 g/mol. The van der Waals surface area contributed by atoms with Gasteiger partial charge < -0.3 is 14.4 Å². The summed E-state index contributed by atoms with van der Waals surface area (Å²) in [4.78, 5) is 27.9. The summed E-state index contributed by atoms with van der Waals surface area (Å²) >= 11 is 0. The van der Waals surface area contributed by atoms with Gasteiger partial charge in [-0.05, 0) is 69.4 Å². The maximum absolute atomic E-state index is 13.1. The lowest BCUT2D eigenvalue weighted by Gasteiger charge is -2.40. The van der Waals surface area contributed by atoms with Crippen molar-refractivity contribution in [2.75, 3.05) is 26.8 Å². The first-order chi connectivity index (χ1) is 14.4. The van der Waals surface area contributed by atoms with Crippen LogP contribution >= 0.6 is 0 Å². The molecule has 1 heterocycles. The largest absolute Gasteiger partial charge is 0.497 e. The van der Waals surface area contributed by atoms with Crippen LogP contribution in [0.25, 0.3) is 0 Å². The standard InChI is InChI=1S/C25H31NO4/c1-5-30-24(28)25(17-20-7-9-21(29-4)10-8-20)12-14-26(15-13-25)23(27)22-11-6-18(2)16-19(22)3/h6-11,16H,5,12-15,17H2,1-4H3. The van der Waals surface area contributed by atoms with E-state index in [1.165, 1.54) is 0 Å². The fourth-order valence-corrected chi connectivity index (χ4v) is 4.23. The molecule has 5 heteroatoms. The van der Waals surface area contributed by atoms with Gasteiger partial charge in [-0.25, -0.2) is 0 Å². The van der Waals surface area contributed by atoms with Crippen LogP contribution in [0.4, 0.5) is 0 Å². The number of likely N-dealkylation sites (tertiary alicyclic amines) is 1. The molecule has 1 aliphatic heterocycles. The number of carbonyl (C=O) groups is 2. The molecule has 2 aromatic carbocycles. The van der Waals surface area contributed by atoms with Gasteiger partial charge in [-0.3, -0.25) is 9.59 Å². The molecule has 0 unspecified atom stereocenters. The smallest absolute Gasteiger partial charge is 0.312 e. The van der Waals surface area contributed by atoms with Crippen molar-refractivity contribution in [3.63, 3.8) is 0 Å². The maximum Gasteiger partial charge on any atom is 0.312 e. The number of aryl methyl sites for hydroxylation is 2. The van der Waals surface area contributed by atoms with Crippen LogP contribution in [0.2, 0.25) is 0 Å². The molecule has 1 amide bonds. The third kappa shape index (κ3) is 4.66. The van der Waals surface area contributed by atoms with Crippen LogP contribution in [-0.2, 0) is 16.0 Å². The van der Waals surface area contributed by atoms with Gasteiger partial charge in [0.1, 0.15) is 5.75 Å². The number of methoxy groups -OCH3 is 1. The first-order valence-corrected chi connectivity index (χ1v) is 10.6. The Balaban J connectivity index is 1.76. The van der Waals surface area contributed by atoms with E-state index < -0.39 is 5.41 Å². The van der Waals surface area contributed by atoms with Gasteiger partial charge in [-0.1, -0.05) is 29.8 Å². The summed E-state index contributed by atoms with van der Waals surface area (Å²) in [6, 6.07) is 13.7. The zero-order chi connectivity index (χ0) is 21.7. The van der Waals surface area contributed by atoms with Gasteiger partial charge in [0, 0.05) is 18.7 Å². The second kappa shape index (κ2) is 9.33. The highest BCUT2D eigenvalue weighted by Gasteiger charge is 2.43. The Labute approximate surface area is 179 Å². The molecule has 0 bridgehead atoms. The molecular weight excluding hydrogens is 378 g/mol. The van der Waals surface area contributed by atoms with Crippen LogP contribution in [0.5, 0.6) is 5.75 Å². The van der Waals surface area contributed by atoms with Gasteiger partial charge in [0.2, 0.25) is 0 Å². The molecule has 0 aromatic heterocycles. The number of ether oxygens (including phenoxy) is 2. The molecule has 0 spiro atoms. The second-order valence-corrected chi connectivity index (χ2v) is 8.14. The van der Waals surface area contributed by atoms with Crippen LogP contribution < -0.4 is 4.74 Å². The van der Waals surface area contributed by atoms with Gasteiger partial charge in [0.15, 0.2) is 0 Å². The first kappa shape index (κ1) is 21.9. The molecule has 0 N–H and O–H groups in total. The fraction of sp³-hybridized carbons (Fsp3) is 0.440. The van der Waals surface area contributed by atoms with E-state index in [1.54, 1.807) is 7.11 Å². The van der Waals surface area contributed by atoms with Crippen molar-refractivity contribution < 1.29 is 19.1 Å². The molecule has 0 radical (unpaired) electrons. The quantitative estimate of drug-likeness (QED) is 0.666. The Kier molecular flexibility index (Phi) is 6.80. The van der Waals surface area contributed by atoms with Crippen molar-refractivity contribution in [2.45, 2.75) is 40.0 Å². The molecule has 5 nitrogen and oxygen atoms in total. The number of carbonyl (C=O) groups excluding carboxylic acids is 2. The van der Waals surface area contributed by atoms with E-state index in [0.717, 1.165) is 28.0 Å². The number of rotatable bonds is 6. The summed E-state index contributed by atoms with van der Waals surface area (Å²) in [5, 5.41) is 0. The molecule has 160 valence electrons. The highest BCUT2D eigenvalue weighted by atomic mass is 16.5. The van der Waals surface area contributed by atoms with E-state index in [2.05, 4.69) is 0 Å². The van der Waals surface area contributed by atoms with Crippen molar-refractivity contribution in [1.82, 2.24) is 4.90 Å². The second-order valence-electron chi connectivity index (χ2n) is 8.14. The number of hydrogen-bond donors (Lipinski definition) is 0. The summed E-state index contributed by atoms with van der Waals surface area (Å²) in [6.45, 7) is 7.26. The van der Waals surface area contributed by atoms with Gasteiger partial charge in [0.05, 0.1) is 19.1 Å². The van der Waals surface area contributed by atoms with Gasteiger partial charge in [-0.15, -0.1) is 0 Å². The molecule has 3 rings (SSSR count). The Morgan fingerprint density at radius 1 is 1.03 bits per heavy atom. The zero-order valence-electron chi connectivity index (χ0n) is 18.4. The molecule has 0 aliphatic carbocycles. The van der Waals surface area contributed by atoms with Crippen molar-refractivity contribution in [1.29, 1.82) is 0 Å². The molecule has 2 aromatic rings. The maximum atomic E-state index is 13.1. The Hall–Kier alpha value is -2.82. The topological polar surface area (TPSA) is 55.8 Å². The predicted molar refractivity (Wildman–Crippen MR) is 117 cm³/mol. The molecule has 1 saturated heterocycles. The number of hydrogen-bond acceptors (Lipinski definition) is 4. The minimum absolute atomic E-state index is 0.0365. The highest BCUT2D eigenvalue weighted by molar-refractivity contribution is 5.96. The van der Waals surface area contributed by atoms with E-state index in [-0.39, 0.29) is 11.9 Å². The van der Waals surface area contributed by atoms with Crippen molar-refractivity contribution in [3.05, 3.63) is 64.7 Å². The number of amides is 1. The highest BCUT2D eigenvalue weighted by Crippen LogP contribution is 2.37. The van der Waals surface area contributed by atoms with E-state index in [1.807, 2.05) is 68.1 Å². The Bertz CT molecular complexity index is 896. The van der Waals surface area contributed by atoms with Crippen molar-refractivity contribution in [3.8, 4) is 5.75 Å². The van der Waals surface area contributed by atoms with Crippen LogP contribution in [0.15, 0.2) is 42.5 Å². The number of esters is 1. The average Bonchev–Trinajstić information content (AvgIpc) is 2.74. The molecule has 0 saturated carbocycles. The third-order valence-corrected chi connectivity index (χ3v) is 6.03. The van der Waals surface area contributed by atoms with E-state index in [0.29, 0.717) is 39.0 Å². The lowest BCUT2D eigenvalue weighted by atomic mass is 9.73. The summed E-state index contributed by atoms with van der Waals surface area (Å²) in [7, 11) is 1.64. The van der Waals surface area contributed by atoms with Gasteiger partial charge in [-0.2, -0.15) is 0 Å². The normalized spacial score (nSPS) is 15.5. The Morgan fingerprint density at radius 3 is 2.27 bits per heavy atom. The summed E-state index contributed by atoms with van der Waals surface area (Å²) < 4.78 is 10.7.